The van der Waals surface area contributed by atoms with Gasteiger partial charge >= 0.3 is 5.97 Å². The largest absolute Gasteiger partial charge is 0.480 e. The molecule has 0 radical (unpaired) electrons. The number of thioether (sulfide) groups is 1. The Bertz CT molecular complexity index is 177. The van der Waals surface area contributed by atoms with Gasteiger partial charge in [-0.15, -0.1) is 11.8 Å². The first-order chi connectivity index (χ1) is 4.86. The number of carboxylic acids is 1. The van der Waals surface area contributed by atoms with E-state index in [4.69, 9.17) is 5.11 Å². The second-order valence-corrected chi connectivity index (χ2v) is 6.22. The quantitative estimate of drug-likeness (QED) is 0.697. The van der Waals surface area contributed by atoms with Crippen molar-refractivity contribution < 1.29 is 9.90 Å². The van der Waals surface area contributed by atoms with E-state index in [9.17, 15) is 4.79 Å². The molecule has 0 aliphatic heterocycles. The molecule has 1 N–H and O–H groups in total. The van der Waals surface area contributed by atoms with E-state index in [0.29, 0.717) is 0 Å². The molecule has 11 heavy (non-hydrogen) atoms. The Kier molecular flexibility index (Phi) is 1.95. The van der Waals surface area contributed by atoms with Crippen molar-refractivity contribution in [2.75, 3.05) is 0 Å². The van der Waals surface area contributed by atoms with Gasteiger partial charge in [0, 0.05) is 4.75 Å². The molecule has 1 fully saturated rings. The third-order valence-electron chi connectivity index (χ3n) is 1.60. The Morgan fingerprint density at radius 1 is 1.45 bits per heavy atom. The molecule has 1 rings (SSSR count). The molecule has 1 aliphatic carbocycles. The minimum atomic E-state index is -0.641. The summed E-state index contributed by atoms with van der Waals surface area (Å²) < 4.78 is -0.368. The van der Waals surface area contributed by atoms with Crippen LogP contribution >= 0.6 is 11.8 Å². The van der Waals surface area contributed by atoms with E-state index in [1.807, 2.05) is 0 Å². The summed E-state index contributed by atoms with van der Waals surface area (Å²) in [5, 5.41) is 8.85. The molecule has 0 heterocycles. The molecule has 0 aromatic carbocycles. The van der Waals surface area contributed by atoms with Crippen molar-refractivity contribution in [2.24, 2.45) is 0 Å². The number of carbonyl (C=O) groups is 1. The molecule has 0 amide bonds. The van der Waals surface area contributed by atoms with Crippen molar-refractivity contribution in [1.29, 1.82) is 0 Å². The van der Waals surface area contributed by atoms with Crippen LogP contribution in [-0.4, -0.2) is 20.6 Å². The van der Waals surface area contributed by atoms with Gasteiger partial charge in [-0.2, -0.15) is 0 Å². The molecule has 1 saturated carbocycles. The summed E-state index contributed by atoms with van der Waals surface area (Å²) in [6.45, 7) is 6.17. The van der Waals surface area contributed by atoms with E-state index >= 15 is 0 Å². The normalized spacial score (nSPS) is 21.4. The van der Waals surface area contributed by atoms with E-state index in [1.165, 1.54) is 0 Å². The molecule has 0 atom stereocenters. The fourth-order valence-electron chi connectivity index (χ4n) is 1.06. The number of rotatable bonds is 2. The summed E-state index contributed by atoms with van der Waals surface area (Å²) in [4.78, 5) is 10.7. The summed E-state index contributed by atoms with van der Waals surface area (Å²) in [7, 11) is 0. The first-order valence-corrected chi connectivity index (χ1v) is 4.61. The highest BCUT2D eigenvalue weighted by atomic mass is 32.2. The molecule has 0 saturated heterocycles. The second-order valence-electron chi connectivity index (χ2n) is 4.01. The average molecular weight is 174 g/mol. The van der Waals surface area contributed by atoms with Crippen LogP contribution in [0.15, 0.2) is 0 Å². The molecule has 2 nitrogen and oxygen atoms in total. The highest BCUT2D eigenvalue weighted by Crippen LogP contribution is 2.53. The third-order valence-corrected chi connectivity index (χ3v) is 3.18. The molecule has 1 aliphatic rings. The third kappa shape index (κ3) is 2.12. The van der Waals surface area contributed by atoms with Crippen LogP contribution in [0.2, 0.25) is 0 Å². The summed E-state index contributed by atoms with van der Waals surface area (Å²) in [5.74, 6) is -0.641. The van der Waals surface area contributed by atoms with Crippen LogP contribution in [0.1, 0.15) is 33.6 Å². The first-order valence-electron chi connectivity index (χ1n) is 3.79. The highest BCUT2D eigenvalue weighted by Gasteiger charge is 2.53. The minimum absolute atomic E-state index is 0.0644. The van der Waals surface area contributed by atoms with Crippen molar-refractivity contribution in [2.45, 2.75) is 43.1 Å². The summed E-state index contributed by atoms with van der Waals surface area (Å²) in [6.07, 6.45) is 1.68. The average Bonchev–Trinajstić information content (AvgIpc) is 2.43. The van der Waals surface area contributed by atoms with Crippen molar-refractivity contribution in [3.8, 4) is 0 Å². The van der Waals surface area contributed by atoms with Gasteiger partial charge in [-0.05, 0) is 12.8 Å². The van der Waals surface area contributed by atoms with Crippen molar-refractivity contribution in [1.82, 2.24) is 0 Å². The van der Waals surface area contributed by atoms with Gasteiger partial charge in [0.2, 0.25) is 0 Å². The predicted molar refractivity (Wildman–Crippen MR) is 46.9 cm³/mol. The summed E-state index contributed by atoms with van der Waals surface area (Å²) in [5.41, 5.74) is 0. The van der Waals surface area contributed by atoms with Crippen LogP contribution < -0.4 is 0 Å². The van der Waals surface area contributed by atoms with E-state index in [-0.39, 0.29) is 4.75 Å². The van der Waals surface area contributed by atoms with Crippen LogP contribution in [-0.2, 0) is 4.79 Å². The lowest BCUT2D eigenvalue weighted by Crippen LogP contribution is -2.24. The zero-order valence-corrected chi connectivity index (χ0v) is 7.99. The zero-order valence-electron chi connectivity index (χ0n) is 7.18. The van der Waals surface area contributed by atoms with Gasteiger partial charge in [-0.25, -0.2) is 0 Å². The monoisotopic (exact) mass is 174 g/mol. The minimum Gasteiger partial charge on any atom is -0.480 e. The standard InChI is InChI=1S/C8H14O2S/c1-7(2,3)11-8(4-5-8)6(9)10/h4-5H2,1-3H3,(H,9,10). The van der Waals surface area contributed by atoms with E-state index < -0.39 is 10.7 Å². The highest BCUT2D eigenvalue weighted by molar-refractivity contribution is 8.02. The van der Waals surface area contributed by atoms with E-state index in [0.717, 1.165) is 12.8 Å². The number of hydrogen-bond acceptors (Lipinski definition) is 2. The van der Waals surface area contributed by atoms with E-state index in [1.54, 1.807) is 11.8 Å². The zero-order chi connectivity index (χ0) is 8.70. The first kappa shape index (κ1) is 8.91. The van der Waals surface area contributed by atoms with Gasteiger partial charge in [0.15, 0.2) is 0 Å². The van der Waals surface area contributed by atoms with Gasteiger partial charge in [0.25, 0.3) is 0 Å². The predicted octanol–water partition coefficient (Wildman–Crippen LogP) is 2.14. The molecule has 0 unspecified atom stereocenters. The maximum Gasteiger partial charge on any atom is 0.319 e. The lowest BCUT2D eigenvalue weighted by molar-refractivity contribution is -0.137. The van der Waals surface area contributed by atoms with Gasteiger partial charge < -0.3 is 5.11 Å². The molecular formula is C8H14O2S. The Hall–Kier alpha value is -0.180. The maximum atomic E-state index is 10.7. The Balaban J connectivity index is 2.55. The fourth-order valence-corrected chi connectivity index (χ4v) is 2.62. The van der Waals surface area contributed by atoms with Gasteiger partial charge in [0.05, 0.1) is 0 Å². The Labute approximate surface area is 71.4 Å². The molecule has 0 aromatic rings. The molecule has 0 aromatic heterocycles. The van der Waals surface area contributed by atoms with Crippen LogP contribution in [0, 0.1) is 0 Å². The van der Waals surface area contributed by atoms with Crippen LogP contribution in [0.3, 0.4) is 0 Å². The van der Waals surface area contributed by atoms with Crippen molar-refractivity contribution >= 4 is 17.7 Å². The van der Waals surface area contributed by atoms with E-state index in [2.05, 4.69) is 20.8 Å². The molecule has 3 heteroatoms. The molecular weight excluding hydrogens is 160 g/mol. The van der Waals surface area contributed by atoms with Gasteiger partial charge in [-0.1, -0.05) is 20.8 Å². The maximum absolute atomic E-state index is 10.7. The van der Waals surface area contributed by atoms with Crippen LogP contribution in [0.4, 0.5) is 0 Å². The summed E-state index contributed by atoms with van der Waals surface area (Å²) >= 11 is 1.58. The molecule has 0 spiro atoms. The van der Waals surface area contributed by atoms with Gasteiger partial charge in [0.1, 0.15) is 4.75 Å². The van der Waals surface area contributed by atoms with Crippen LogP contribution in [0.5, 0.6) is 0 Å². The molecule has 0 bridgehead atoms. The topological polar surface area (TPSA) is 37.3 Å². The number of carboxylic acid groups (broad SMARTS) is 1. The second kappa shape index (κ2) is 2.41. The van der Waals surface area contributed by atoms with Crippen LogP contribution in [0.25, 0.3) is 0 Å². The number of hydrogen-bond donors (Lipinski definition) is 1. The van der Waals surface area contributed by atoms with Gasteiger partial charge in [-0.3, -0.25) is 4.79 Å². The van der Waals surface area contributed by atoms with Crippen molar-refractivity contribution in [3.05, 3.63) is 0 Å². The Morgan fingerprint density at radius 2 is 1.91 bits per heavy atom. The van der Waals surface area contributed by atoms with Crippen molar-refractivity contribution in [3.63, 3.8) is 0 Å². The Morgan fingerprint density at radius 3 is 2.00 bits per heavy atom. The lowest BCUT2D eigenvalue weighted by atomic mass is 10.3. The SMILES string of the molecule is CC(C)(C)SC1(C(=O)O)CC1. The summed E-state index contributed by atoms with van der Waals surface area (Å²) in [6, 6.07) is 0. The lowest BCUT2D eigenvalue weighted by Gasteiger charge is -2.22. The number of aliphatic carboxylic acids is 1. The fraction of sp³-hybridized carbons (Fsp3) is 0.875. The smallest absolute Gasteiger partial charge is 0.319 e. The molecule has 64 valence electrons.